The fourth-order valence-electron chi connectivity index (χ4n) is 2.05. The molecule has 1 aromatic rings. The van der Waals surface area contributed by atoms with Gasteiger partial charge >= 0.3 is 5.97 Å². The van der Waals surface area contributed by atoms with Crippen molar-refractivity contribution in [1.82, 2.24) is 5.32 Å². The minimum Gasteiger partial charge on any atom is -0.481 e. The Bertz CT molecular complexity index is 655. The van der Waals surface area contributed by atoms with Crippen LogP contribution >= 0.6 is 0 Å². The molecule has 0 spiro atoms. The minimum atomic E-state index is -1.14. The van der Waals surface area contributed by atoms with E-state index < -0.39 is 23.1 Å². The number of nitrogens with one attached hydrogen (secondary N) is 2. The van der Waals surface area contributed by atoms with E-state index in [0.717, 1.165) is 6.07 Å². The van der Waals surface area contributed by atoms with Gasteiger partial charge in [0.05, 0.1) is 11.0 Å². The molecule has 7 heteroatoms. The summed E-state index contributed by atoms with van der Waals surface area (Å²) in [5.41, 5.74) is -0.246. The maximum atomic E-state index is 14.0. The van der Waals surface area contributed by atoms with E-state index in [0.29, 0.717) is 17.7 Å². The predicted octanol–water partition coefficient (Wildman–Crippen LogP) is 1.55. The van der Waals surface area contributed by atoms with E-state index in [1.54, 1.807) is 0 Å². The first-order chi connectivity index (χ1) is 10.2. The molecule has 2 rings (SSSR count). The molecular weight excluding hydrogens is 291 g/mol. The zero-order valence-electron chi connectivity index (χ0n) is 12.3. The lowest BCUT2D eigenvalue weighted by molar-refractivity contribution is -0.146. The van der Waals surface area contributed by atoms with Crippen molar-refractivity contribution in [2.75, 3.05) is 11.9 Å². The van der Waals surface area contributed by atoms with Crippen LogP contribution in [0.3, 0.4) is 0 Å². The molecule has 1 aromatic carbocycles. The first kappa shape index (κ1) is 15.9. The van der Waals surface area contributed by atoms with Crippen molar-refractivity contribution in [2.45, 2.75) is 26.7 Å². The third-order valence-electron chi connectivity index (χ3n) is 3.60. The number of carbonyl (C=O) groups excluding carboxylic acids is 2. The van der Waals surface area contributed by atoms with E-state index >= 15 is 0 Å². The second-order valence-electron chi connectivity index (χ2n) is 5.91. The fourth-order valence-corrected chi connectivity index (χ4v) is 2.05. The van der Waals surface area contributed by atoms with Gasteiger partial charge < -0.3 is 15.7 Å². The van der Waals surface area contributed by atoms with E-state index in [1.165, 1.54) is 19.9 Å². The Labute approximate surface area is 126 Å². The molecule has 0 aromatic heterocycles. The zero-order chi connectivity index (χ0) is 16.5. The highest BCUT2D eigenvalue weighted by Gasteiger charge is 2.28. The Morgan fingerprint density at radius 3 is 2.68 bits per heavy atom. The molecule has 1 aliphatic rings. The van der Waals surface area contributed by atoms with Gasteiger partial charge in [-0.05, 0) is 38.0 Å². The van der Waals surface area contributed by atoms with Crippen LogP contribution in [0.4, 0.5) is 10.1 Å². The molecule has 3 N–H and O–H groups in total. The monoisotopic (exact) mass is 308 g/mol. The van der Waals surface area contributed by atoms with Gasteiger partial charge in [-0.2, -0.15) is 0 Å². The molecule has 118 valence electrons. The summed E-state index contributed by atoms with van der Waals surface area (Å²) >= 11 is 0. The van der Waals surface area contributed by atoms with Gasteiger partial charge in [-0.25, -0.2) is 4.39 Å². The van der Waals surface area contributed by atoms with Crippen molar-refractivity contribution in [3.05, 3.63) is 29.1 Å². The van der Waals surface area contributed by atoms with Crippen LogP contribution in [0.15, 0.2) is 12.1 Å². The maximum absolute atomic E-state index is 14.0. The van der Waals surface area contributed by atoms with Crippen LogP contribution in [-0.2, 0) is 16.0 Å². The summed E-state index contributed by atoms with van der Waals surface area (Å²) in [6, 6.07) is 2.51. The number of amides is 2. The zero-order valence-corrected chi connectivity index (χ0v) is 12.3. The number of halogens is 1. The summed E-state index contributed by atoms with van der Waals surface area (Å²) in [5, 5.41) is 14.0. The van der Waals surface area contributed by atoms with Crippen LogP contribution < -0.4 is 10.6 Å². The number of carboxylic acid groups (broad SMARTS) is 1. The second kappa shape index (κ2) is 5.75. The second-order valence-corrected chi connectivity index (χ2v) is 5.91. The number of carbonyl (C=O) groups is 3. The van der Waals surface area contributed by atoms with Crippen LogP contribution in [0.25, 0.3) is 0 Å². The third-order valence-corrected chi connectivity index (χ3v) is 3.60. The van der Waals surface area contributed by atoms with Gasteiger partial charge in [0, 0.05) is 18.7 Å². The Morgan fingerprint density at radius 1 is 1.36 bits per heavy atom. The number of rotatable bonds is 4. The summed E-state index contributed by atoms with van der Waals surface area (Å²) in [5.74, 6) is -2.67. The van der Waals surface area contributed by atoms with E-state index in [-0.39, 0.29) is 24.4 Å². The summed E-state index contributed by atoms with van der Waals surface area (Å²) < 4.78 is 14.0. The molecule has 0 aliphatic carbocycles. The van der Waals surface area contributed by atoms with Crippen LogP contribution in [0.5, 0.6) is 0 Å². The highest BCUT2D eigenvalue weighted by molar-refractivity contribution is 5.98. The Kier molecular flexibility index (Phi) is 4.16. The van der Waals surface area contributed by atoms with Crippen LogP contribution in [0.1, 0.15) is 36.2 Å². The average molecular weight is 308 g/mol. The van der Waals surface area contributed by atoms with Crippen molar-refractivity contribution in [3.8, 4) is 0 Å². The van der Waals surface area contributed by atoms with Gasteiger partial charge in [0.25, 0.3) is 5.91 Å². The summed E-state index contributed by atoms with van der Waals surface area (Å²) in [4.78, 5) is 34.3. The third kappa shape index (κ3) is 3.24. The molecule has 0 bridgehead atoms. The van der Waals surface area contributed by atoms with Gasteiger partial charge in [0.1, 0.15) is 5.82 Å². The largest absolute Gasteiger partial charge is 0.481 e. The number of hydrogen-bond acceptors (Lipinski definition) is 3. The molecular formula is C15H17FN2O4. The fraction of sp³-hybridized carbons (Fsp3) is 0.400. The molecule has 0 atom stereocenters. The SMILES string of the molecule is CC(C)(CNC(=O)c1cc2c(cc1F)NC(=O)CC2)C(=O)O. The summed E-state index contributed by atoms with van der Waals surface area (Å²) in [6.07, 6.45) is 0.716. The first-order valence-electron chi connectivity index (χ1n) is 6.84. The van der Waals surface area contributed by atoms with Gasteiger partial charge in [0.2, 0.25) is 5.91 Å². The summed E-state index contributed by atoms with van der Waals surface area (Å²) in [7, 11) is 0. The van der Waals surface area contributed by atoms with Crippen LogP contribution in [-0.4, -0.2) is 29.4 Å². The Hall–Kier alpha value is -2.44. The normalized spacial score (nSPS) is 14.0. The lowest BCUT2D eigenvalue weighted by Crippen LogP contribution is -2.39. The van der Waals surface area contributed by atoms with Gasteiger partial charge in [0.15, 0.2) is 0 Å². The number of aliphatic carboxylic acids is 1. The molecule has 2 amide bonds. The quantitative estimate of drug-likeness (QED) is 0.786. The van der Waals surface area contributed by atoms with Crippen LogP contribution in [0, 0.1) is 11.2 Å². The van der Waals surface area contributed by atoms with Crippen molar-refractivity contribution < 1.29 is 23.9 Å². The molecule has 1 aliphatic heterocycles. The van der Waals surface area contributed by atoms with Crippen LogP contribution in [0.2, 0.25) is 0 Å². The van der Waals surface area contributed by atoms with Gasteiger partial charge in [-0.1, -0.05) is 0 Å². The highest BCUT2D eigenvalue weighted by atomic mass is 19.1. The van der Waals surface area contributed by atoms with Gasteiger partial charge in [-0.15, -0.1) is 0 Å². The standard InChI is InChI=1S/C15H17FN2O4/c1-15(2,14(21)22)7-17-13(20)9-5-8-3-4-12(19)18-11(8)6-10(9)16/h5-6H,3-4,7H2,1-2H3,(H,17,20)(H,18,19)(H,21,22). The molecule has 22 heavy (non-hydrogen) atoms. The van der Waals surface area contributed by atoms with Crippen molar-refractivity contribution >= 4 is 23.5 Å². The lowest BCUT2D eigenvalue weighted by atomic mass is 9.93. The van der Waals surface area contributed by atoms with E-state index in [2.05, 4.69) is 10.6 Å². The average Bonchev–Trinajstić information content (AvgIpc) is 2.43. The molecule has 1 heterocycles. The van der Waals surface area contributed by atoms with Gasteiger partial charge in [-0.3, -0.25) is 14.4 Å². The number of hydrogen-bond donors (Lipinski definition) is 3. The lowest BCUT2D eigenvalue weighted by Gasteiger charge is -2.21. The molecule has 6 nitrogen and oxygen atoms in total. The Balaban J connectivity index is 2.17. The molecule has 0 saturated carbocycles. The number of fused-ring (bicyclic) bond motifs is 1. The van der Waals surface area contributed by atoms with E-state index in [9.17, 15) is 18.8 Å². The number of anilines is 1. The first-order valence-corrected chi connectivity index (χ1v) is 6.84. The molecule has 0 saturated heterocycles. The van der Waals surface area contributed by atoms with E-state index in [4.69, 9.17) is 5.11 Å². The van der Waals surface area contributed by atoms with Crippen molar-refractivity contribution in [3.63, 3.8) is 0 Å². The predicted molar refractivity (Wildman–Crippen MR) is 77.1 cm³/mol. The molecule has 0 unspecified atom stereocenters. The smallest absolute Gasteiger partial charge is 0.310 e. The maximum Gasteiger partial charge on any atom is 0.310 e. The minimum absolute atomic E-state index is 0.117. The van der Waals surface area contributed by atoms with E-state index in [1.807, 2.05) is 0 Å². The van der Waals surface area contributed by atoms with Crippen molar-refractivity contribution in [1.29, 1.82) is 0 Å². The summed E-state index contributed by atoms with van der Waals surface area (Å²) in [6.45, 7) is 2.82. The highest BCUT2D eigenvalue weighted by Crippen LogP contribution is 2.26. The van der Waals surface area contributed by atoms with Crippen molar-refractivity contribution in [2.24, 2.45) is 5.41 Å². The number of carboxylic acids is 1. The number of benzene rings is 1. The molecule has 0 radical (unpaired) electrons. The Morgan fingerprint density at radius 2 is 2.05 bits per heavy atom. The topological polar surface area (TPSA) is 95.5 Å². The number of aryl methyl sites for hydroxylation is 1. The molecule has 0 fully saturated rings.